The Kier molecular flexibility index (Phi) is 6.11. The zero-order chi connectivity index (χ0) is 22.9. The van der Waals surface area contributed by atoms with E-state index >= 15 is 0 Å². The average Bonchev–Trinajstić information content (AvgIpc) is 3.28. The van der Waals surface area contributed by atoms with Gasteiger partial charge in [0.25, 0.3) is 0 Å². The van der Waals surface area contributed by atoms with Gasteiger partial charge in [-0.2, -0.15) is 4.31 Å². The van der Waals surface area contributed by atoms with Crippen molar-refractivity contribution in [3.8, 4) is 0 Å². The standard InChI is InChI=1S/C24H30N4O4S/c29-23-28(16-17-32-23)22-7-6-21(18-25-22)33(30,31)27-14-10-24(11-15-27)8-12-26(13-9-24)19-20-4-2-1-3-5-20/h1-7,18H,8-17,19H2. The molecule has 0 unspecified atom stereocenters. The summed E-state index contributed by atoms with van der Waals surface area (Å²) in [7, 11) is -3.60. The number of amides is 1. The van der Waals surface area contributed by atoms with E-state index in [9.17, 15) is 13.2 Å². The molecule has 3 aliphatic heterocycles. The van der Waals surface area contributed by atoms with Crippen LogP contribution in [0.4, 0.5) is 10.6 Å². The molecular weight excluding hydrogens is 440 g/mol. The van der Waals surface area contributed by atoms with Gasteiger partial charge in [-0.05, 0) is 61.9 Å². The van der Waals surface area contributed by atoms with Gasteiger partial charge < -0.3 is 4.74 Å². The van der Waals surface area contributed by atoms with Gasteiger partial charge >= 0.3 is 6.09 Å². The summed E-state index contributed by atoms with van der Waals surface area (Å²) in [6.45, 7) is 4.94. The van der Waals surface area contributed by atoms with Crippen LogP contribution in [0.2, 0.25) is 0 Å². The highest BCUT2D eigenvalue weighted by molar-refractivity contribution is 7.89. The first-order chi connectivity index (χ1) is 16.0. The van der Waals surface area contributed by atoms with E-state index in [4.69, 9.17) is 4.74 Å². The number of sulfonamides is 1. The minimum absolute atomic E-state index is 0.174. The van der Waals surface area contributed by atoms with E-state index in [0.717, 1.165) is 45.3 Å². The van der Waals surface area contributed by atoms with Crippen molar-refractivity contribution in [3.05, 3.63) is 54.2 Å². The van der Waals surface area contributed by atoms with Crippen LogP contribution in [0.5, 0.6) is 0 Å². The van der Waals surface area contributed by atoms with E-state index in [1.807, 2.05) is 6.07 Å². The van der Waals surface area contributed by atoms with Gasteiger partial charge in [-0.3, -0.25) is 9.80 Å². The highest BCUT2D eigenvalue weighted by atomic mass is 32.2. The normalized spacial score (nSPS) is 21.9. The number of rotatable bonds is 5. The SMILES string of the molecule is O=C1OCCN1c1ccc(S(=O)(=O)N2CCC3(CCN(Cc4ccccc4)CC3)CC2)cn1. The number of cyclic esters (lactones) is 1. The van der Waals surface area contributed by atoms with Gasteiger partial charge in [-0.25, -0.2) is 18.2 Å². The van der Waals surface area contributed by atoms with Crippen LogP contribution in [0.25, 0.3) is 0 Å². The molecule has 1 spiro atoms. The largest absolute Gasteiger partial charge is 0.447 e. The molecule has 3 fully saturated rings. The van der Waals surface area contributed by atoms with Gasteiger partial charge in [-0.1, -0.05) is 30.3 Å². The number of hydrogen-bond acceptors (Lipinski definition) is 6. The molecule has 8 nitrogen and oxygen atoms in total. The van der Waals surface area contributed by atoms with Crippen molar-refractivity contribution in [2.45, 2.75) is 37.1 Å². The van der Waals surface area contributed by atoms with Gasteiger partial charge in [0, 0.05) is 25.8 Å². The van der Waals surface area contributed by atoms with Crippen LogP contribution in [0, 0.1) is 5.41 Å². The van der Waals surface area contributed by atoms with Gasteiger partial charge in [0.2, 0.25) is 10.0 Å². The lowest BCUT2D eigenvalue weighted by Crippen LogP contribution is -2.48. The lowest BCUT2D eigenvalue weighted by Gasteiger charge is -2.46. The molecule has 3 aliphatic rings. The Morgan fingerprint density at radius 3 is 2.21 bits per heavy atom. The Bertz CT molecular complexity index is 1070. The van der Waals surface area contributed by atoms with Crippen LogP contribution in [-0.4, -0.2) is 68.0 Å². The molecule has 0 aliphatic carbocycles. The molecule has 3 saturated heterocycles. The molecule has 5 rings (SSSR count). The van der Waals surface area contributed by atoms with Crippen molar-refractivity contribution in [1.29, 1.82) is 0 Å². The highest BCUT2D eigenvalue weighted by Crippen LogP contribution is 2.42. The summed E-state index contributed by atoms with van der Waals surface area (Å²) >= 11 is 0. The third-order valence-electron chi connectivity index (χ3n) is 7.34. The lowest BCUT2D eigenvalue weighted by atomic mass is 9.71. The number of carbonyl (C=O) groups is 1. The van der Waals surface area contributed by atoms with Gasteiger partial charge in [0.15, 0.2) is 0 Å². The van der Waals surface area contributed by atoms with Gasteiger partial charge in [0.1, 0.15) is 17.3 Å². The molecular formula is C24H30N4O4S. The Morgan fingerprint density at radius 1 is 0.909 bits per heavy atom. The molecule has 4 heterocycles. The van der Waals surface area contributed by atoms with Crippen LogP contribution in [0.15, 0.2) is 53.6 Å². The van der Waals surface area contributed by atoms with E-state index < -0.39 is 16.1 Å². The summed E-state index contributed by atoms with van der Waals surface area (Å²) in [6, 6.07) is 13.7. The second-order valence-corrected chi connectivity index (χ2v) is 11.2. The summed E-state index contributed by atoms with van der Waals surface area (Å²) in [5.74, 6) is 0.413. The van der Waals surface area contributed by atoms with Crippen molar-refractivity contribution < 1.29 is 17.9 Å². The minimum atomic E-state index is -3.60. The molecule has 33 heavy (non-hydrogen) atoms. The third kappa shape index (κ3) is 4.62. The minimum Gasteiger partial charge on any atom is -0.447 e. The van der Waals surface area contributed by atoms with Crippen molar-refractivity contribution in [2.75, 3.05) is 44.2 Å². The predicted molar refractivity (Wildman–Crippen MR) is 124 cm³/mol. The quantitative estimate of drug-likeness (QED) is 0.668. The van der Waals surface area contributed by atoms with E-state index in [2.05, 4.69) is 34.1 Å². The van der Waals surface area contributed by atoms with Crippen molar-refractivity contribution in [3.63, 3.8) is 0 Å². The van der Waals surface area contributed by atoms with Crippen molar-refractivity contribution >= 4 is 21.9 Å². The first-order valence-electron chi connectivity index (χ1n) is 11.6. The number of carbonyl (C=O) groups excluding carboxylic acids is 1. The molecule has 0 N–H and O–H groups in total. The number of hydrogen-bond donors (Lipinski definition) is 0. The van der Waals surface area contributed by atoms with Crippen LogP contribution >= 0.6 is 0 Å². The van der Waals surface area contributed by atoms with Crippen LogP contribution in [0.1, 0.15) is 31.2 Å². The van der Waals surface area contributed by atoms with Crippen molar-refractivity contribution in [2.24, 2.45) is 5.41 Å². The maximum atomic E-state index is 13.2. The fourth-order valence-corrected chi connectivity index (χ4v) is 6.55. The van der Waals surface area contributed by atoms with Crippen LogP contribution in [-0.2, 0) is 21.3 Å². The van der Waals surface area contributed by atoms with E-state index in [-0.39, 0.29) is 10.3 Å². The predicted octanol–water partition coefficient (Wildman–Crippen LogP) is 3.11. The number of aromatic nitrogens is 1. The number of piperidine rings is 2. The molecule has 1 aromatic heterocycles. The molecule has 1 amide bonds. The van der Waals surface area contributed by atoms with Crippen LogP contribution in [0.3, 0.4) is 0 Å². The molecule has 0 bridgehead atoms. The summed E-state index contributed by atoms with van der Waals surface area (Å²) in [5, 5.41) is 0. The first-order valence-corrected chi connectivity index (χ1v) is 13.1. The lowest BCUT2D eigenvalue weighted by molar-refractivity contribution is 0.0529. The van der Waals surface area contributed by atoms with Gasteiger partial charge in [-0.15, -0.1) is 0 Å². The van der Waals surface area contributed by atoms with Crippen molar-refractivity contribution in [1.82, 2.24) is 14.2 Å². The molecule has 9 heteroatoms. The van der Waals surface area contributed by atoms with E-state index in [0.29, 0.717) is 32.1 Å². The smallest absolute Gasteiger partial charge is 0.415 e. The Morgan fingerprint density at radius 2 is 1.61 bits per heavy atom. The van der Waals surface area contributed by atoms with Crippen LogP contribution < -0.4 is 4.90 Å². The maximum Gasteiger partial charge on any atom is 0.415 e. The van der Waals surface area contributed by atoms with E-state index in [1.165, 1.54) is 22.7 Å². The fourth-order valence-electron chi connectivity index (χ4n) is 5.16. The Hall–Kier alpha value is -2.49. The average molecular weight is 471 g/mol. The highest BCUT2D eigenvalue weighted by Gasteiger charge is 2.40. The number of ether oxygens (including phenoxy) is 1. The molecule has 2 aromatic rings. The molecule has 0 saturated carbocycles. The Balaban J connectivity index is 1.17. The molecule has 1 aromatic carbocycles. The maximum absolute atomic E-state index is 13.2. The summed E-state index contributed by atoms with van der Waals surface area (Å²) in [4.78, 5) is 20.0. The second kappa shape index (κ2) is 9.04. The second-order valence-electron chi connectivity index (χ2n) is 9.28. The zero-order valence-corrected chi connectivity index (χ0v) is 19.5. The third-order valence-corrected chi connectivity index (χ3v) is 9.23. The number of nitrogens with zero attached hydrogens (tertiary/aromatic N) is 4. The number of benzene rings is 1. The van der Waals surface area contributed by atoms with Gasteiger partial charge in [0.05, 0.1) is 6.54 Å². The first kappa shape index (κ1) is 22.3. The topological polar surface area (TPSA) is 83.0 Å². The summed E-state index contributed by atoms with van der Waals surface area (Å²) in [5.41, 5.74) is 1.59. The fraction of sp³-hybridized carbons (Fsp3) is 0.500. The monoisotopic (exact) mass is 470 g/mol. The summed E-state index contributed by atoms with van der Waals surface area (Å²) in [6.07, 6.45) is 4.94. The summed E-state index contributed by atoms with van der Waals surface area (Å²) < 4.78 is 32.9. The van der Waals surface area contributed by atoms with E-state index in [1.54, 1.807) is 10.4 Å². The number of likely N-dealkylation sites (tertiary alicyclic amines) is 1. The Labute approximate surface area is 195 Å². The molecule has 176 valence electrons. The zero-order valence-electron chi connectivity index (χ0n) is 18.7. The molecule has 0 atom stereocenters. The number of pyridine rings is 1. The number of anilines is 1. The molecule has 0 radical (unpaired) electrons.